The van der Waals surface area contributed by atoms with Crippen molar-refractivity contribution >= 4 is 23.6 Å². The Morgan fingerprint density at radius 1 is 1.28 bits per heavy atom. The number of fused-ring (bicyclic) bond motifs is 2. The molecular formula is C14H16ClNO2. The molecule has 0 aromatic heterocycles. The Kier molecular flexibility index (Phi) is 3.04. The van der Waals surface area contributed by atoms with Crippen molar-refractivity contribution in [3.05, 3.63) is 28.8 Å². The van der Waals surface area contributed by atoms with Crippen LogP contribution in [0.5, 0.6) is 0 Å². The SMILES string of the molecule is O=Cc1ccc(N2C3CCC2CC(O)C3)cc1Cl. The first-order chi connectivity index (χ1) is 8.69. The molecule has 1 N–H and O–H groups in total. The van der Waals surface area contributed by atoms with E-state index in [1.807, 2.05) is 12.1 Å². The van der Waals surface area contributed by atoms with Gasteiger partial charge in [0.15, 0.2) is 6.29 Å². The maximum Gasteiger partial charge on any atom is 0.151 e. The van der Waals surface area contributed by atoms with Gasteiger partial charge in [-0.1, -0.05) is 11.6 Å². The maximum atomic E-state index is 10.8. The molecule has 3 nitrogen and oxygen atoms in total. The summed E-state index contributed by atoms with van der Waals surface area (Å²) in [4.78, 5) is 13.1. The number of rotatable bonds is 2. The van der Waals surface area contributed by atoms with Crippen LogP contribution in [0.3, 0.4) is 0 Å². The van der Waals surface area contributed by atoms with Crippen LogP contribution in [0, 0.1) is 0 Å². The summed E-state index contributed by atoms with van der Waals surface area (Å²) in [5.41, 5.74) is 1.61. The normalized spacial score (nSPS) is 30.6. The van der Waals surface area contributed by atoms with E-state index in [1.54, 1.807) is 6.07 Å². The first-order valence-corrected chi connectivity index (χ1v) is 6.78. The number of piperidine rings is 1. The van der Waals surface area contributed by atoms with Gasteiger partial charge in [0, 0.05) is 23.3 Å². The summed E-state index contributed by atoms with van der Waals surface area (Å²) in [5.74, 6) is 0. The molecule has 2 aliphatic rings. The molecule has 1 aromatic rings. The van der Waals surface area contributed by atoms with Crippen LogP contribution < -0.4 is 4.90 Å². The number of carbonyl (C=O) groups excluding carboxylic acids is 1. The van der Waals surface area contributed by atoms with Crippen molar-refractivity contribution in [1.29, 1.82) is 0 Å². The molecule has 0 aliphatic carbocycles. The molecular weight excluding hydrogens is 250 g/mol. The topological polar surface area (TPSA) is 40.5 Å². The number of hydrogen-bond acceptors (Lipinski definition) is 3. The van der Waals surface area contributed by atoms with E-state index in [9.17, 15) is 9.90 Å². The summed E-state index contributed by atoms with van der Waals surface area (Å²) in [7, 11) is 0. The minimum atomic E-state index is -0.163. The Morgan fingerprint density at radius 3 is 2.50 bits per heavy atom. The Bertz CT molecular complexity index is 463. The van der Waals surface area contributed by atoms with Gasteiger partial charge in [-0.05, 0) is 43.9 Å². The molecule has 0 radical (unpaired) electrons. The molecule has 2 aliphatic heterocycles. The Hall–Kier alpha value is -1.06. The molecule has 0 spiro atoms. The number of anilines is 1. The molecule has 2 saturated heterocycles. The number of aldehydes is 1. The Labute approximate surface area is 111 Å². The number of hydrogen-bond donors (Lipinski definition) is 1. The smallest absolute Gasteiger partial charge is 0.151 e. The minimum absolute atomic E-state index is 0.163. The van der Waals surface area contributed by atoms with E-state index in [0.717, 1.165) is 37.7 Å². The standard InChI is InChI=1S/C14H16ClNO2/c15-14-7-12(2-1-9(14)8-17)16-10-3-4-11(16)6-13(18)5-10/h1-2,7-8,10-11,13,18H,3-6H2. The van der Waals surface area contributed by atoms with Gasteiger partial charge in [-0.2, -0.15) is 0 Å². The second kappa shape index (κ2) is 4.56. The molecule has 0 saturated carbocycles. The van der Waals surface area contributed by atoms with E-state index in [0.29, 0.717) is 22.7 Å². The van der Waals surface area contributed by atoms with Crippen LogP contribution in [0.2, 0.25) is 5.02 Å². The van der Waals surface area contributed by atoms with Gasteiger partial charge in [0.1, 0.15) is 0 Å². The lowest BCUT2D eigenvalue weighted by Crippen LogP contribution is -2.44. The molecule has 96 valence electrons. The van der Waals surface area contributed by atoms with Gasteiger partial charge in [-0.15, -0.1) is 0 Å². The Morgan fingerprint density at radius 2 is 1.94 bits per heavy atom. The van der Waals surface area contributed by atoms with Crippen molar-refractivity contribution in [1.82, 2.24) is 0 Å². The van der Waals surface area contributed by atoms with Gasteiger partial charge < -0.3 is 10.0 Å². The summed E-state index contributed by atoms with van der Waals surface area (Å²) in [5, 5.41) is 10.3. The second-order valence-electron chi connectivity index (χ2n) is 5.24. The quantitative estimate of drug-likeness (QED) is 0.836. The summed E-state index contributed by atoms with van der Waals surface area (Å²) in [6, 6.07) is 6.43. The van der Waals surface area contributed by atoms with E-state index in [2.05, 4.69) is 4.90 Å². The average Bonchev–Trinajstić information content (AvgIpc) is 2.61. The van der Waals surface area contributed by atoms with Crippen LogP contribution in [0.1, 0.15) is 36.0 Å². The molecule has 0 amide bonds. The number of nitrogens with zero attached hydrogens (tertiary/aromatic N) is 1. The highest BCUT2D eigenvalue weighted by molar-refractivity contribution is 6.33. The fourth-order valence-electron chi connectivity index (χ4n) is 3.34. The molecule has 2 atom stereocenters. The fourth-order valence-corrected chi connectivity index (χ4v) is 3.56. The third-order valence-electron chi connectivity index (χ3n) is 4.12. The first kappa shape index (κ1) is 12.0. The lowest BCUT2D eigenvalue weighted by Gasteiger charge is -2.39. The van der Waals surface area contributed by atoms with Gasteiger partial charge >= 0.3 is 0 Å². The summed E-state index contributed by atoms with van der Waals surface area (Å²) < 4.78 is 0. The number of benzene rings is 1. The van der Waals surface area contributed by atoms with E-state index >= 15 is 0 Å². The lowest BCUT2D eigenvalue weighted by molar-refractivity contribution is 0.112. The molecule has 1 aromatic carbocycles. The molecule has 18 heavy (non-hydrogen) atoms. The number of aliphatic hydroxyl groups is 1. The summed E-state index contributed by atoms with van der Waals surface area (Å²) in [6.07, 6.45) is 4.56. The zero-order chi connectivity index (χ0) is 12.7. The highest BCUT2D eigenvalue weighted by atomic mass is 35.5. The van der Waals surface area contributed by atoms with Crippen molar-refractivity contribution in [2.45, 2.75) is 43.9 Å². The third kappa shape index (κ3) is 1.91. The van der Waals surface area contributed by atoms with E-state index in [-0.39, 0.29) is 6.10 Å². The van der Waals surface area contributed by atoms with Gasteiger partial charge in [0.25, 0.3) is 0 Å². The summed E-state index contributed by atoms with van der Waals surface area (Å²) >= 11 is 6.09. The molecule has 3 rings (SSSR count). The van der Waals surface area contributed by atoms with Crippen LogP contribution in [0.15, 0.2) is 18.2 Å². The van der Waals surface area contributed by atoms with E-state index < -0.39 is 0 Å². The maximum absolute atomic E-state index is 10.8. The zero-order valence-corrected chi connectivity index (χ0v) is 10.8. The van der Waals surface area contributed by atoms with Gasteiger partial charge in [-0.25, -0.2) is 0 Å². The average molecular weight is 266 g/mol. The molecule has 4 heteroatoms. The van der Waals surface area contributed by atoms with Crippen molar-refractivity contribution in [3.8, 4) is 0 Å². The minimum Gasteiger partial charge on any atom is -0.393 e. The molecule has 2 unspecified atom stereocenters. The first-order valence-electron chi connectivity index (χ1n) is 6.40. The van der Waals surface area contributed by atoms with Crippen molar-refractivity contribution in [2.75, 3.05) is 4.90 Å². The van der Waals surface area contributed by atoms with Crippen LogP contribution in [-0.4, -0.2) is 29.6 Å². The Balaban J connectivity index is 1.91. The monoisotopic (exact) mass is 265 g/mol. The van der Waals surface area contributed by atoms with Crippen LogP contribution >= 0.6 is 11.6 Å². The zero-order valence-electron chi connectivity index (χ0n) is 10.1. The molecule has 2 heterocycles. The van der Waals surface area contributed by atoms with E-state index in [1.165, 1.54) is 0 Å². The number of aliphatic hydroxyl groups excluding tert-OH is 1. The molecule has 2 bridgehead atoms. The summed E-state index contributed by atoms with van der Waals surface area (Å²) in [6.45, 7) is 0. The van der Waals surface area contributed by atoms with Crippen LogP contribution in [0.4, 0.5) is 5.69 Å². The highest BCUT2D eigenvalue weighted by Crippen LogP contribution is 2.40. The second-order valence-corrected chi connectivity index (χ2v) is 5.65. The highest BCUT2D eigenvalue weighted by Gasteiger charge is 2.40. The van der Waals surface area contributed by atoms with Crippen LogP contribution in [0.25, 0.3) is 0 Å². The van der Waals surface area contributed by atoms with Crippen LogP contribution in [-0.2, 0) is 0 Å². The largest absolute Gasteiger partial charge is 0.393 e. The number of halogens is 1. The van der Waals surface area contributed by atoms with Gasteiger partial charge in [-0.3, -0.25) is 4.79 Å². The van der Waals surface area contributed by atoms with Crippen molar-refractivity contribution in [2.24, 2.45) is 0 Å². The van der Waals surface area contributed by atoms with E-state index in [4.69, 9.17) is 11.6 Å². The van der Waals surface area contributed by atoms with Gasteiger partial charge in [0.05, 0.1) is 11.1 Å². The third-order valence-corrected chi connectivity index (χ3v) is 4.44. The molecule has 2 fully saturated rings. The predicted molar refractivity (Wildman–Crippen MR) is 71.4 cm³/mol. The van der Waals surface area contributed by atoms with Crippen molar-refractivity contribution < 1.29 is 9.90 Å². The number of carbonyl (C=O) groups is 1. The fraction of sp³-hybridized carbons (Fsp3) is 0.500. The van der Waals surface area contributed by atoms with Crippen molar-refractivity contribution in [3.63, 3.8) is 0 Å². The predicted octanol–water partition coefficient (Wildman–Crippen LogP) is 2.64. The van der Waals surface area contributed by atoms with Gasteiger partial charge in [0.2, 0.25) is 0 Å². The lowest BCUT2D eigenvalue weighted by atomic mass is 9.99.